The van der Waals surface area contributed by atoms with Crippen molar-refractivity contribution in [3.63, 3.8) is 0 Å². The Labute approximate surface area is 133 Å². The summed E-state index contributed by atoms with van der Waals surface area (Å²) in [6.07, 6.45) is 1.79. The highest BCUT2D eigenvalue weighted by atomic mass is 16.5. The van der Waals surface area contributed by atoms with Gasteiger partial charge in [0.15, 0.2) is 11.6 Å². The molecule has 0 radical (unpaired) electrons. The first-order chi connectivity index (χ1) is 11.1. The van der Waals surface area contributed by atoms with Crippen molar-refractivity contribution in [2.45, 2.75) is 19.3 Å². The van der Waals surface area contributed by atoms with Crippen LogP contribution in [0.4, 0.5) is 17.2 Å². The molecule has 1 atom stereocenters. The first kappa shape index (κ1) is 15.0. The SMILES string of the molecule is CCOC(=O)C1CC(=O)c2cc(Nc3ncccc3N)ccc21. The van der Waals surface area contributed by atoms with E-state index < -0.39 is 5.92 Å². The molecule has 0 bridgehead atoms. The first-order valence-electron chi connectivity index (χ1n) is 7.41. The fourth-order valence-electron chi connectivity index (χ4n) is 2.70. The van der Waals surface area contributed by atoms with E-state index in [-0.39, 0.29) is 18.2 Å². The zero-order chi connectivity index (χ0) is 16.4. The summed E-state index contributed by atoms with van der Waals surface area (Å²) in [6, 6.07) is 8.80. The molecule has 6 heteroatoms. The minimum atomic E-state index is -0.508. The second-order valence-corrected chi connectivity index (χ2v) is 5.30. The molecule has 1 aliphatic carbocycles. The van der Waals surface area contributed by atoms with Gasteiger partial charge in [-0.1, -0.05) is 6.07 Å². The molecule has 3 rings (SSSR count). The van der Waals surface area contributed by atoms with Crippen molar-refractivity contribution >= 4 is 28.9 Å². The van der Waals surface area contributed by atoms with Crippen LogP contribution in [0, 0.1) is 0 Å². The third kappa shape index (κ3) is 2.88. The lowest BCUT2D eigenvalue weighted by Gasteiger charge is -2.11. The largest absolute Gasteiger partial charge is 0.466 e. The van der Waals surface area contributed by atoms with Gasteiger partial charge in [-0.2, -0.15) is 0 Å². The maximum atomic E-state index is 12.2. The van der Waals surface area contributed by atoms with Crippen LogP contribution >= 0.6 is 0 Å². The van der Waals surface area contributed by atoms with E-state index in [4.69, 9.17) is 10.5 Å². The molecule has 2 aromatic rings. The van der Waals surface area contributed by atoms with E-state index in [9.17, 15) is 9.59 Å². The summed E-state index contributed by atoms with van der Waals surface area (Å²) in [7, 11) is 0. The molecule has 6 nitrogen and oxygen atoms in total. The van der Waals surface area contributed by atoms with E-state index in [2.05, 4.69) is 10.3 Å². The third-order valence-electron chi connectivity index (χ3n) is 3.79. The molecule has 0 saturated carbocycles. The Morgan fingerprint density at radius 3 is 3.00 bits per heavy atom. The number of anilines is 3. The monoisotopic (exact) mass is 311 g/mol. The molecule has 1 aliphatic rings. The number of Topliss-reactive ketones (excluding diaryl/α,β-unsaturated/α-hetero) is 1. The number of nitrogens with two attached hydrogens (primary N) is 1. The summed E-state index contributed by atoms with van der Waals surface area (Å²) in [4.78, 5) is 28.3. The van der Waals surface area contributed by atoms with Gasteiger partial charge in [-0.05, 0) is 36.8 Å². The number of nitrogens with one attached hydrogen (secondary N) is 1. The van der Waals surface area contributed by atoms with Gasteiger partial charge in [-0.15, -0.1) is 0 Å². The number of aromatic nitrogens is 1. The maximum absolute atomic E-state index is 12.2. The van der Waals surface area contributed by atoms with E-state index in [1.165, 1.54) is 0 Å². The summed E-state index contributed by atoms with van der Waals surface area (Å²) in [5.74, 6) is -0.392. The van der Waals surface area contributed by atoms with Gasteiger partial charge in [0, 0.05) is 23.9 Å². The van der Waals surface area contributed by atoms with Crippen molar-refractivity contribution in [1.29, 1.82) is 0 Å². The minimum absolute atomic E-state index is 0.0595. The normalized spacial score (nSPS) is 16.0. The number of nitrogens with zero attached hydrogens (tertiary/aromatic N) is 1. The average molecular weight is 311 g/mol. The fourth-order valence-corrected chi connectivity index (χ4v) is 2.70. The Hall–Kier alpha value is -2.89. The Morgan fingerprint density at radius 1 is 1.43 bits per heavy atom. The van der Waals surface area contributed by atoms with Gasteiger partial charge in [0.25, 0.3) is 0 Å². The van der Waals surface area contributed by atoms with Crippen molar-refractivity contribution < 1.29 is 14.3 Å². The molecule has 1 aromatic carbocycles. The number of hydrogen-bond acceptors (Lipinski definition) is 6. The van der Waals surface area contributed by atoms with Gasteiger partial charge in [-0.3, -0.25) is 9.59 Å². The molecule has 23 heavy (non-hydrogen) atoms. The van der Waals surface area contributed by atoms with Gasteiger partial charge < -0.3 is 15.8 Å². The van der Waals surface area contributed by atoms with Gasteiger partial charge in [0.05, 0.1) is 18.2 Å². The zero-order valence-electron chi connectivity index (χ0n) is 12.7. The number of fused-ring (bicyclic) bond motifs is 1. The number of hydrogen-bond donors (Lipinski definition) is 2. The average Bonchev–Trinajstić information content (AvgIpc) is 2.87. The van der Waals surface area contributed by atoms with E-state index in [0.29, 0.717) is 34.9 Å². The standard InChI is InChI=1S/C17H17N3O3/c1-2-23-17(22)13-9-15(21)12-8-10(5-6-11(12)13)20-16-14(18)4-3-7-19-16/h3-8,13H,2,9,18H2,1H3,(H,19,20). The number of ether oxygens (including phenoxy) is 1. The third-order valence-corrected chi connectivity index (χ3v) is 3.79. The molecule has 0 saturated heterocycles. The fraction of sp³-hybridized carbons (Fsp3) is 0.235. The number of pyridine rings is 1. The zero-order valence-corrected chi connectivity index (χ0v) is 12.7. The van der Waals surface area contributed by atoms with Gasteiger partial charge >= 0.3 is 5.97 Å². The molecule has 1 unspecified atom stereocenters. The lowest BCUT2D eigenvalue weighted by atomic mass is 10.0. The van der Waals surface area contributed by atoms with Crippen LogP contribution in [-0.2, 0) is 9.53 Å². The van der Waals surface area contributed by atoms with E-state index >= 15 is 0 Å². The van der Waals surface area contributed by atoms with Crippen molar-refractivity contribution in [3.8, 4) is 0 Å². The minimum Gasteiger partial charge on any atom is -0.466 e. The highest BCUT2D eigenvalue weighted by molar-refractivity contribution is 6.06. The van der Waals surface area contributed by atoms with E-state index in [1.54, 1.807) is 43.5 Å². The van der Waals surface area contributed by atoms with Crippen LogP contribution in [0.5, 0.6) is 0 Å². The Balaban J connectivity index is 1.88. The number of carbonyl (C=O) groups excluding carboxylic acids is 2. The van der Waals surface area contributed by atoms with Crippen LogP contribution in [0.2, 0.25) is 0 Å². The van der Waals surface area contributed by atoms with Gasteiger partial charge in [0.1, 0.15) is 0 Å². The Kier molecular flexibility index (Phi) is 3.97. The van der Waals surface area contributed by atoms with Crippen LogP contribution in [0.25, 0.3) is 0 Å². The molecular weight excluding hydrogens is 294 g/mol. The Bertz CT molecular complexity index is 773. The molecule has 1 aromatic heterocycles. The highest BCUT2D eigenvalue weighted by Crippen LogP contribution is 2.36. The van der Waals surface area contributed by atoms with Crippen molar-refractivity contribution in [2.75, 3.05) is 17.7 Å². The second-order valence-electron chi connectivity index (χ2n) is 5.30. The van der Waals surface area contributed by atoms with Crippen molar-refractivity contribution in [2.24, 2.45) is 0 Å². The van der Waals surface area contributed by atoms with E-state index in [1.807, 2.05) is 0 Å². The lowest BCUT2D eigenvalue weighted by Crippen LogP contribution is -2.13. The molecule has 0 aliphatic heterocycles. The van der Waals surface area contributed by atoms with Gasteiger partial charge in [-0.25, -0.2) is 4.98 Å². The number of ketones is 1. The van der Waals surface area contributed by atoms with Crippen LogP contribution in [0.3, 0.4) is 0 Å². The number of rotatable bonds is 4. The molecule has 0 fully saturated rings. The summed E-state index contributed by atoms with van der Waals surface area (Å²) in [5.41, 5.74) is 8.33. The van der Waals surface area contributed by atoms with Crippen LogP contribution in [0.15, 0.2) is 36.5 Å². The van der Waals surface area contributed by atoms with Gasteiger partial charge in [0.2, 0.25) is 0 Å². The second kappa shape index (κ2) is 6.08. The summed E-state index contributed by atoms with van der Waals surface area (Å²) in [6.45, 7) is 2.05. The van der Waals surface area contributed by atoms with Crippen molar-refractivity contribution in [1.82, 2.24) is 4.98 Å². The summed E-state index contributed by atoms with van der Waals surface area (Å²) in [5, 5.41) is 3.09. The molecular formula is C17H17N3O3. The smallest absolute Gasteiger partial charge is 0.313 e. The van der Waals surface area contributed by atoms with Crippen molar-refractivity contribution in [3.05, 3.63) is 47.7 Å². The first-order valence-corrected chi connectivity index (χ1v) is 7.41. The highest BCUT2D eigenvalue weighted by Gasteiger charge is 2.35. The quantitative estimate of drug-likeness (QED) is 0.843. The summed E-state index contributed by atoms with van der Waals surface area (Å²) < 4.78 is 5.04. The summed E-state index contributed by atoms with van der Waals surface area (Å²) >= 11 is 0. The number of esters is 1. The Morgan fingerprint density at radius 2 is 2.26 bits per heavy atom. The molecule has 3 N–H and O–H groups in total. The predicted octanol–water partition coefficient (Wildman–Crippen LogP) is 2.64. The molecule has 0 spiro atoms. The topological polar surface area (TPSA) is 94.3 Å². The number of benzene rings is 1. The van der Waals surface area contributed by atoms with Crippen LogP contribution in [-0.4, -0.2) is 23.3 Å². The number of nitrogen functional groups attached to an aromatic ring is 1. The molecule has 1 heterocycles. The molecule has 0 amide bonds. The maximum Gasteiger partial charge on any atom is 0.313 e. The lowest BCUT2D eigenvalue weighted by molar-refractivity contribution is -0.144. The number of carbonyl (C=O) groups is 2. The molecule has 118 valence electrons. The predicted molar refractivity (Wildman–Crippen MR) is 86.7 cm³/mol. The van der Waals surface area contributed by atoms with E-state index in [0.717, 1.165) is 0 Å². The van der Waals surface area contributed by atoms with Crippen LogP contribution < -0.4 is 11.1 Å². The van der Waals surface area contributed by atoms with Crippen LogP contribution in [0.1, 0.15) is 35.2 Å².